The number of nitrogens with one attached hydrogen (secondary N) is 1. The molecule has 0 spiro atoms. The molecule has 1 N–H and O–H groups in total. The molecule has 0 fully saturated rings. The third kappa shape index (κ3) is 2.47. The highest BCUT2D eigenvalue weighted by Crippen LogP contribution is 2.34. The summed E-state index contributed by atoms with van der Waals surface area (Å²) in [6.07, 6.45) is -4.76. The number of rotatable bonds is 1. The summed E-state index contributed by atoms with van der Waals surface area (Å²) >= 11 is 5.93. The van der Waals surface area contributed by atoms with E-state index in [0.717, 1.165) is 4.68 Å². The third-order valence-electron chi connectivity index (χ3n) is 3.86. The highest BCUT2D eigenvalue weighted by atomic mass is 35.5. The smallest absolute Gasteiger partial charge is 0.339 e. The first-order chi connectivity index (χ1) is 11.9. The second-order valence-electron chi connectivity index (χ2n) is 5.46. The van der Waals surface area contributed by atoms with Gasteiger partial charge in [0.25, 0.3) is 0 Å². The Labute approximate surface area is 143 Å². The number of aromatic nitrogens is 3. The molecule has 0 aliphatic carbocycles. The Kier molecular flexibility index (Phi) is 3.36. The molecule has 0 aliphatic rings. The zero-order valence-electron chi connectivity index (χ0n) is 12.4. The first-order valence-corrected chi connectivity index (χ1v) is 7.61. The van der Waals surface area contributed by atoms with Crippen molar-refractivity contribution in [1.29, 1.82) is 0 Å². The van der Waals surface area contributed by atoms with Crippen LogP contribution in [0.3, 0.4) is 0 Å². The summed E-state index contributed by atoms with van der Waals surface area (Å²) in [7, 11) is 0. The molecule has 2 aromatic heterocycles. The second kappa shape index (κ2) is 5.35. The summed E-state index contributed by atoms with van der Waals surface area (Å²) in [6, 6.07) is 12.6. The zero-order chi connectivity index (χ0) is 17.8. The summed E-state index contributed by atoms with van der Waals surface area (Å²) in [5, 5.41) is 3.66. The summed E-state index contributed by atoms with van der Waals surface area (Å²) in [5.41, 5.74) is -1.24. The van der Waals surface area contributed by atoms with Crippen molar-refractivity contribution in [2.45, 2.75) is 6.18 Å². The first kappa shape index (κ1) is 15.7. The van der Waals surface area contributed by atoms with Crippen LogP contribution in [-0.2, 0) is 6.18 Å². The molecule has 0 unspecified atom stereocenters. The van der Waals surface area contributed by atoms with Gasteiger partial charge >= 0.3 is 6.18 Å². The van der Waals surface area contributed by atoms with E-state index in [0.29, 0.717) is 16.2 Å². The molecule has 0 radical (unpaired) electrons. The average Bonchev–Trinajstić information content (AvgIpc) is 2.95. The number of aromatic amines is 1. The fraction of sp³-hybridized carbons (Fsp3) is 0.0588. The number of hydrogen-bond acceptors (Lipinski definition) is 2. The molecule has 2 heterocycles. The molecule has 0 saturated carbocycles. The van der Waals surface area contributed by atoms with Gasteiger partial charge in [-0.15, -0.1) is 0 Å². The van der Waals surface area contributed by atoms with Gasteiger partial charge in [0.05, 0.1) is 16.6 Å². The van der Waals surface area contributed by atoms with Crippen LogP contribution >= 0.6 is 11.6 Å². The maximum Gasteiger partial charge on any atom is 0.436 e. The zero-order valence-corrected chi connectivity index (χ0v) is 13.2. The van der Waals surface area contributed by atoms with Crippen molar-refractivity contribution >= 4 is 33.5 Å². The van der Waals surface area contributed by atoms with E-state index in [1.807, 2.05) is 0 Å². The quantitative estimate of drug-likeness (QED) is 0.540. The van der Waals surface area contributed by atoms with Gasteiger partial charge in [0, 0.05) is 10.4 Å². The highest BCUT2D eigenvalue weighted by Gasteiger charge is 2.38. The molecule has 0 bridgehead atoms. The fourth-order valence-corrected chi connectivity index (χ4v) is 2.96. The van der Waals surface area contributed by atoms with Crippen LogP contribution < -0.4 is 5.43 Å². The van der Waals surface area contributed by atoms with Crippen molar-refractivity contribution in [2.75, 3.05) is 0 Å². The number of H-pyrrole nitrogens is 1. The molecule has 0 aliphatic heterocycles. The number of halogens is 4. The molecular formula is C17H9ClF3N3O. The van der Waals surface area contributed by atoms with E-state index in [1.54, 1.807) is 30.3 Å². The number of para-hydroxylation sites is 1. The van der Waals surface area contributed by atoms with Crippen LogP contribution in [0.4, 0.5) is 13.2 Å². The summed E-state index contributed by atoms with van der Waals surface area (Å²) in [5.74, 6) is 0. The Morgan fingerprint density at radius 1 is 1.08 bits per heavy atom. The molecule has 4 aromatic rings. The van der Waals surface area contributed by atoms with Gasteiger partial charge in [-0.25, -0.2) is 4.68 Å². The second-order valence-corrected chi connectivity index (χ2v) is 5.90. The minimum atomic E-state index is -4.76. The molecule has 0 saturated heterocycles. The SMILES string of the molecule is O=c1c2ccc(Cl)cc2[nH]c2c1c(C(F)(F)F)nn2-c1ccccc1. The molecule has 8 heteroatoms. The highest BCUT2D eigenvalue weighted by molar-refractivity contribution is 6.31. The van der Waals surface area contributed by atoms with Crippen LogP contribution in [0.1, 0.15) is 5.69 Å². The minimum Gasteiger partial charge on any atom is -0.339 e. The van der Waals surface area contributed by atoms with Gasteiger partial charge in [0.15, 0.2) is 5.69 Å². The molecule has 0 atom stereocenters. The molecule has 126 valence electrons. The normalized spacial score (nSPS) is 12.2. The number of pyridine rings is 1. The van der Waals surface area contributed by atoms with Gasteiger partial charge in [-0.1, -0.05) is 29.8 Å². The van der Waals surface area contributed by atoms with E-state index < -0.39 is 22.7 Å². The van der Waals surface area contributed by atoms with Gasteiger partial charge in [-0.3, -0.25) is 4.79 Å². The van der Waals surface area contributed by atoms with Crippen LogP contribution in [0.25, 0.3) is 27.6 Å². The van der Waals surface area contributed by atoms with Crippen LogP contribution in [0, 0.1) is 0 Å². The Balaban J connectivity index is 2.21. The van der Waals surface area contributed by atoms with Crippen molar-refractivity contribution in [3.63, 3.8) is 0 Å². The number of alkyl halides is 3. The predicted molar refractivity (Wildman–Crippen MR) is 89.2 cm³/mol. The van der Waals surface area contributed by atoms with Crippen molar-refractivity contribution in [3.8, 4) is 5.69 Å². The number of fused-ring (bicyclic) bond motifs is 2. The summed E-state index contributed by atoms with van der Waals surface area (Å²) in [4.78, 5) is 15.6. The van der Waals surface area contributed by atoms with Gasteiger partial charge in [0.1, 0.15) is 5.65 Å². The Morgan fingerprint density at radius 2 is 1.80 bits per heavy atom. The van der Waals surface area contributed by atoms with Crippen molar-refractivity contribution in [1.82, 2.24) is 14.8 Å². The van der Waals surface area contributed by atoms with Crippen LogP contribution in [0.5, 0.6) is 0 Å². The molecule has 2 aromatic carbocycles. The largest absolute Gasteiger partial charge is 0.436 e. The maximum atomic E-state index is 13.4. The fourth-order valence-electron chi connectivity index (χ4n) is 2.78. The molecule has 0 amide bonds. The lowest BCUT2D eigenvalue weighted by Crippen LogP contribution is -2.12. The van der Waals surface area contributed by atoms with Crippen LogP contribution in [0.2, 0.25) is 5.02 Å². The number of hydrogen-bond donors (Lipinski definition) is 1. The molecule has 25 heavy (non-hydrogen) atoms. The van der Waals surface area contributed by atoms with Crippen molar-refractivity contribution in [3.05, 3.63) is 69.5 Å². The molecule has 4 rings (SSSR count). The summed E-state index contributed by atoms with van der Waals surface area (Å²) < 4.78 is 41.4. The van der Waals surface area contributed by atoms with Gasteiger partial charge in [0.2, 0.25) is 5.43 Å². The molecular weight excluding hydrogens is 355 g/mol. The minimum absolute atomic E-state index is 0.0294. The van der Waals surface area contributed by atoms with E-state index in [1.165, 1.54) is 18.2 Å². The maximum absolute atomic E-state index is 13.4. The van der Waals surface area contributed by atoms with E-state index >= 15 is 0 Å². The van der Waals surface area contributed by atoms with Gasteiger partial charge < -0.3 is 4.98 Å². The third-order valence-corrected chi connectivity index (χ3v) is 4.10. The first-order valence-electron chi connectivity index (χ1n) is 7.23. The van der Waals surface area contributed by atoms with E-state index in [2.05, 4.69) is 10.1 Å². The van der Waals surface area contributed by atoms with E-state index in [-0.39, 0.29) is 11.0 Å². The average molecular weight is 364 g/mol. The monoisotopic (exact) mass is 363 g/mol. The van der Waals surface area contributed by atoms with Crippen LogP contribution in [-0.4, -0.2) is 14.8 Å². The summed E-state index contributed by atoms with van der Waals surface area (Å²) in [6.45, 7) is 0. The lowest BCUT2D eigenvalue weighted by molar-refractivity contribution is -0.140. The standard InChI is InChI=1S/C17H9ClF3N3O/c18-9-6-7-11-12(8-9)22-16-13(14(11)25)15(17(19,20)21)23-24(16)10-4-2-1-3-5-10/h1-8H,(H,22,25). The predicted octanol–water partition coefficient (Wildman–Crippen LogP) is 4.54. The number of benzene rings is 2. The Hall–Kier alpha value is -2.80. The Morgan fingerprint density at radius 3 is 2.48 bits per heavy atom. The van der Waals surface area contributed by atoms with Gasteiger partial charge in [-0.2, -0.15) is 18.3 Å². The molecule has 4 nitrogen and oxygen atoms in total. The van der Waals surface area contributed by atoms with E-state index in [4.69, 9.17) is 11.6 Å². The lowest BCUT2D eigenvalue weighted by atomic mass is 10.1. The van der Waals surface area contributed by atoms with Crippen LogP contribution in [0.15, 0.2) is 53.3 Å². The Bertz CT molecular complexity index is 1160. The van der Waals surface area contributed by atoms with Crippen molar-refractivity contribution in [2.24, 2.45) is 0 Å². The van der Waals surface area contributed by atoms with Crippen molar-refractivity contribution < 1.29 is 13.2 Å². The van der Waals surface area contributed by atoms with E-state index in [9.17, 15) is 18.0 Å². The number of nitrogens with zero attached hydrogens (tertiary/aromatic N) is 2. The topological polar surface area (TPSA) is 50.7 Å². The van der Waals surface area contributed by atoms with Gasteiger partial charge in [-0.05, 0) is 30.3 Å². The lowest BCUT2D eigenvalue weighted by Gasteiger charge is -2.04.